The van der Waals surface area contributed by atoms with Crippen molar-refractivity contribution in [2.24, 2.45) is 0 Å². The zero-order chi connectivity index (χ0) is 11.1. The van der Waals surface area contributed by atoms with Crippen LogP contribution < -0.4 is 0 Å². The predicted octanol–water partition coefficient (Wildman–Crippen LogP) is 3.75. The van der Waals surface area contributed by atoms with Crippen molar-refractivity contribution in [3.05, 3.63) is 35.6 Å². The lowest BCUT2D eigenvalue weighted by molar-refractivity contribution is 0.198. The van der Waals surface area contributed by atoms with E-state index in [2.05, 4.69) is 0 Å². The Hall–Kier alpha value is -0.890. The van der Waals surface area contributed by atoms with Gasteiger partial charge in [-0.3, -0.25) is 0 Å². The van der Waals surface area contributed by atoms with Gasteiger partial charge in [0.25, 0.3) is 0 Å². The Morgan fingerprint density at radius 1 is 1.13 bits per heavy atom. The molecule has 0 spiro atoms. The average Bonchev–Trinajstić information content (AvgIpc) is 2.75. The van der Waals surface area contributed by atoms with E-state index in [0.29, 0.717) is 0 Å². The minimum Gasteiger partial charge on any atom is -0.381 e. The largest absolute Gasteiger partial charge is 0.381 e. The lowest BCUT2D eigenvalue weighted by Crippen LogP contribution is -1.90. The van der Waals surface area contributed by atoms with E-state index >= 15 is 0 Å². The van der Waals surface area contributed by atoms with Gasteiger partial charge in [-0.05, 0) is 30.4 Å². The molecule has 0 unspecified atom stereocenters. The van der Waals surface area contributed by atoms with Gasteiger partial charge >= 0.3 is 0 Å². The third-order valence-electron chi connectivity index (χ3n) is 2.35. The molecule has 84 valence electrons. The number of rotatable bonds is 1. The molecule has 0 saturated carbocycles. The average molecular weight is 210 g/mol. The summed E-state index contributed by atoms with van der Waals surface area (Å²) in [4.78, 5) is 0. The maximum absolute atomic E-state index is 12.8. The molecule has 0 radical (unpaired) electrons. The molecule has 0 bridgehead atoms. The van der Waals surface area contributed by atoms with Crippen LogP contribution in [-0.2, 0) is 4.74 Å². The zero-order valence-electron chi connectivity index (χ0n) is 9.50. The summed E-state index contributed by atoms with van der Waals surface area (Å²) in [6.45, 7) is 5.97. The molecule has 0 amide bonds. The molecule has 1 nitrogen and oxygen atoms in total. The van der Waals surface area contributed by atoms with Crippen LogP contribution in [0.2, 0.25) is 0 Å². The van der Waals surface area contributed by atoms with Gasteiger partial charge in [-0.1, -0.05) is 32.0 Å². The maximum atomic E-state index is 12.8. The summed E-state index contributed by atoms with van der Waals surface area (Å²) in [6.07, 6.45) is 2.56. The second-order valence-corrected chi connectivity index (χ2v) is 4.00. The van der Waals surface area contributed by atoms with E-state index in [-0.39, 0.29) is 11.7 Å². The van der Waals surface area contributed by atoms with Gasteiger partial charge in [0.05, 0.1) is 0 Å². The number of benzene rings is 1. The van der Waals surface area contributed by atoms with Crippen LogP contribution in [0.1, 0.15) is 38.2 Å². The molecule has 0 atom stereocenters. The van der Waals surface area contributed by atoms with Crippen LogP contribution in [0.25, 0.3) is 0 Å². The summed E-state index contributed by atoms with van der Waals surface area (Å²) in [5, 5.41) is 0. The van der Waals surface area contributed by atoms with Gasteiger partial charge in [-0.25, -0.2) is 4.39 Å². The smallest absolute Gasteiger partial charge is 0.126 e. The molecule has 1 aliphatic heterocycles. The Morgan fingerprint density at radius 2 is 1.73 bits per heavy atom. The normalized spacial score (nSPS) is 14.9. The predicted molar refractivity (Wildman–Crippen MR) is 60.5 cm³/mol. The highest BCUT2D eigenvalue weighted by Crippen LogP contribution is 2.16. The summed E-state index contributed by atoms with van der Waals surface area (Å²) in [5.41, 5.74) is 0.794. The Bertz CT molecular complexity index is 272. The number of halogens is 1. The van der Waals surface area contributed by atoms with Crippen molar-refractivity contribution >= 4 is 0 Å². The van der Waals surface area contributed by atoms with Crippen LogP contribution in [0.15, 0.2) is 24.3 Å². The first-order valence-corrected chi connectivity index (χ1v) is 5.54. The monoisotopic (exact) mass is 210 g/mol. The summed E-state index contributed by atoms with van der Waals surface area (Å²) in [5.74, 6) is 0.179. The lowest BCUT2D eigenvalue weighted by atomic mass is 10.0. The number of hydrogen-bond acceptors (Lipinski definition) is 1. The van der Waals surface area contributed by atoms with Gasteiger partial charge in [0.1, 0.15) is 5.82 Å². The SMILES string of the molecule is C1CCOC1.CC(C)c1ccccc1F. The molecule has 1 heterocycles. The third-order valence-corrected chi connectivity index (χ3v) is 2.35. The van der Waals surface area contributed by atoms with Crippen LogP contribution in [-0.4, -0.2) is 13.2 Å². The van der Waals surface area contributed by atoms with Crippen molar-refractivity contribution in [2.45, 2.75) is 32.6 Å². The van der Waals surface area contributed by atoms with E-state index in [1.807, 2.05) is 26.0 Å². The molecule has 0 N–H and O–H groups in total. The highest BCUT2D eigenvalue weighted by atomic mass is 19.1. The first-order valence-electron chi connectivity index (χ1n) is 5.54. The maximum Gasteiger partial charge on any atom is 0.126 e. The molecular weight excluding hydrogens is 191 g/mol. The standard InChI is InChI=1S/C9H11F.C4H8O/c1-7(2)8-5-3-4-6-9(8)10;1-2-4-5-3-1/h3-7H,1-2H3;1-4H2. The molecule has 2 rings (SSSR count). The van der Waals surface area contributed by atoms with Crippen LogP contribution in [0.5, 0.6) is 0 Å². The van der Waals surface area contributed by atoms with Crippen LogP contribution in [0.4, 0.5) is 4.39 Å². The molecule has 1 fully saturated rings. The highest BCUT2D eigenvalue weighted by molar-refractivity contribution is 5.20. The molecule has 2 heteroatoms. The Kier molecular flexibility index (Phi) is 5.33. The quantitative estimate of drug-likeness (QED) is 0.686. The summed E-state index contributed by atoms with van der Waals surface area (Å²) >= 11 is 0. The van der Waals surface area contributed by atoms with Gasteiger partial charge < -0.3 is 4.74 Å². The first kappa shape index (κ1) is 12.2. The molecular formula is C13H19FO. The number of ether oxygens (including phenoxy) is 1. The molecule has 1 aromatic rings. The molecule has 15 heavy (non-hydrogen) atoms. The Morgan fingerprint density at radius 3 is 2.07 bits per heavy atom. The second kappa shape index (κ2) is 6.57. The van der Waals surface area contributed by atoms with Gasteiger partial charge in [0.2, 0.25) is 0 Å². The van der Waals surface area contributed by atoms with Crippen molar-refractivity contribution in [2.75, 3.05) is 13.2 Å². The van der Waals surface area contributed by atoms with Crippen LogP contribution in [0.3, 0.4) is 0 Å². The third kappa shape index (κ3) is 4.43. The van der Waals surface area contributed by atoms with Crippen molar-refractivity contribution in [3.63, 3.8) is 0 Å². The van der Waals surface area contributed by atoms with Gasteiger partial charge in [-0.2, -0.15) is 0 Å². The molecule has 0 aromatic heterocycles. The van der Waals surface area contributed by atoms with Crippen molar-refractivity contribution < 1.29 is 9.13 Å². The minimum atomic E-state index is -0.0995. The summed E-state index contributed by atoms with van der Waals surface area (Å²) < 4.78 is 17.8. The van der Waals surface area contributed by atoms with Crippen LogP contribution >= 0.6 is 0 Å². The second-order valence-electron chi connectivity index (χ2n) is 4.00. The molecule has 1 aromatic carbocycles. The fraction of sp³-hybridized carbons (Fsp3) is 0.538. The topological polar surface area (TPSA) is 9.23 Å². The fourth-order valence-corrected chi connectivity index (χ4v) is 1.45. The highest BCUT2D eigenvalue weighted by Gasteiger charge is 2.02. The van der Waals surface area contributed by atoms with E-state index < -0.39 is 0 Å². The Balaban J connectivity index is 0.000000187. The van der Waals surface area contributed by atoms with E-state index in [1.165, 1.54) is 18.9 Å². The zero-order valence-corrected chi connectivity index (χ0v) is 9.50. The van der Waals surface area contributed by atoms with E-state index in [0.717, 1.165) is 18.8 Å². The van der Waals surface area contributed by atoms with Gasteiger partial charge in [-0.15, -0.1) is 0 Å². The summed E-state index contributed by atoms with van der Waals surface area (Å²) in [7, 11) is 0. The van der Waals surface area contributed by atoms with E-state index in [1.54, 1.807) is 6.07 Å². The molecule has 1 saturated heterocycles. The van der Waals surface area contributed by atoms with E-state index in [9.17, 15) is 4.39 Å². The van der Waals surface area contributed by atoms with Crippen molar-refractivity contribution in [1.29, 1.82) is 0 Å². The van der Waals surface area contributed by atoms with E-state index in [4.69, 9.17) is 4.74 Å². The minimum absolute atomic E-state index is 0.0995. The lowest BCUT2D eigenvalue weighted by Gasteiger charge is -2.04. The van der Waals surface area contributed by atoms with Crippen molar-refractivity contribution in [1.82, 2.24) is 0 Å². The summed E-state index contributed by atoms with van der Waals surface area (Å²) in [6, 6.07) is 6.88. The molecule has 1 aliphatic rings. The van der Waals surface area contributed by atoms with Gasteiger partial charge in [0, 0.05) is 13.2 Å². The first-order chi connectivity index (χ1) is 7.22. The number of hydrogen-bond donors (Lipinski definition) is 0. The van der Waals surface area contributed by atoms with Gasteiger partial charge in [0.15, 0.2) is 0 Å². The fourth-order valence-electron chi connectivity index (χ4n) is 1.45. The Labute approximate surface area is 91.3 Å². The molecule has 0 aliphatic carbocycles. The van der Waals surface area contributed by atoms with Crippen molar-refractivity contribution in [3.8, 4) is 0 Å². The van der Waals surface area contributed by atoms with Crippen LogP contribution in [0, 0.1) is 5.82 Å².